The molecule has 2 fully saturated rings. The van der Waals surface area contributed by atoms with Crippen LogP contribution < -0.4 is 31.0 Å². The summed E-state index contributed by atoms with van der Waals surface area (Å²) >= 11 is 0. The van der Waals surface area contributed by atoms with Crippen LogP contribution in [-0.4, -0.2) is 55.1 Å². The predicted octanol–water partition coefficient (Wildman–Crippen LogP) is 1.64. The maximum absolute atomic E-state index is 12.6. The molecule has 32 heavy (non-hydrogen) atoms. The van der Waals surface area contributed by atoms with Gasteiger partial charge in [0, 0.05) is 23.2 Å². The Kier molecular flexibility index (Phi) is 7.78. The first-order valence-electron chi connectivity index (χ1n) is 11.0. The largest absolute Gasteiger partial charge is 0.495 e. The number of carbonyl (C=O) groups is 2. The standard InChI is InChI=1S/C22H35N5O5/c1-22(2,3)25-21(29)32-15-7-6-13(8-15)16-11-18(27-26-16)24-19(28)9-14-10-20(31-5)23-12-17(14)30-4/h10,12-13,15-16,18,26-27H,6-9,11H2,1-5H3,(H,24,28)(H,25,29)/t13-,15+,16?,18?/m0/s1. The van der Waals surface area contributed by atoms with E-state index in [4.69, 9.17) is 14.2 Å². The van der Waals surface area contributed by atoms with Gasteiger partial charge in [-0.25, -0.2) is 15.2 Å². The summed E-state index contributed by atoms with van der Waals surface area (Å²) in [7, 11) is 3.08. The highest BCUT2D eigenvalue weighted by Crippen LogP contribution is 2.33. The molecule has 3 rings (SSSR count). The highest BCUT2D eigenvalue weighted by atomic mass is 16.6. The maximum atomic E-state index is 12.6. The van der Waals surface area contributed by atoms with Crippen molar-refractivity contribution in [1.82, 2.24) is 26.5 Å². The van der Waals surface area contributed by atoms with Crippen molar-refractivity contribution in [1.29, 1.82) is 0 Å². The van der Waals surface area contributed by atoms with E-state index >= 15 is 0 Å². The molecule has 0 aromatic carbocycles. The van der Waals surface area contributed by atoms with Gasteiger partial charge in [0.25, 0.3) is 0 Å². The molecule has 4 atom stereocenters. The van der Waals surface area contributed by atoms with Gasteiger partial charge >= 0.3 is 6.09 Å². The number of rotatable bonds is 7. The number of aromatic nitrogens is 1. The second kappa shape index (κ2) is 10.4. The number of carbonyl (C=O) groups excluding carboxylic acids is 2. The summed E-state index contributed by atoms with van der Waals surface area (Å²) in [4.78, 5) is 28.7. The number of amides is 2. The summed E-state index contributed by atoms with van der Waals surface area (Å²) in [5.41, 5.74) is 6.86. The fourth-order valence-electron chi connectivity index (χ4n) is 4.23. The fourth-order valence-corrected chi connectivity index (χ4v) is 4.23. The maximum Gasteiger partial charge on any atom is 0.407 e. The topological polar surface area (TPSA) is 123 Å². The van der Waals surface area contributed by atoms with Crippen LogP contribution in [0.15, 0.2) is 12.3 Å². The molecular formula is C22H35N5O5. The molecule has 1 saturated heterocycles. The molecule has 10 nitrogen and oxygen atoms in total. The van der Waals surface area contributed by atoms with Crippen molar-refractivity contribution >= 4 is 12.0 Å². The van der Waals surface area contributed by atoms with Crippen molar-refractivity contribution in [2.75, 3.05) is 14.2 Å². The van der Waals surface area contributed by atoms with Crippen molar-refractivity contribution in [2.24, 2.45) is 5.92 Å². The SMILES string of the molecule is COc1cc(CC(=O)NC2CC([C@H]3CC[C@@H](OC(=O)NC(C)(C)C)C3)NN2)c(OC)cn1. The van der Waals surface area contributed by atoms with Crippen LogP contribution in [0.5, 0.6) is 11.6 Å². The lowest BCUT2D eigenvalue weighted by molar-refractivity contribution is -0.121. The summed E-state index contributed by atoms with van der Waals surface area (Å²) in [5.74, 6) is 1.23. The quantitative estimate of drug-likeness (QED) is 0.496. The van der Waals surface area contributed by atoms with Crippen LogP contribution in [0.4, 0.5) is 4.79 Å². The van der Waals surface area contributed by atoms with Gasteiger partial charge in [0.1, 0.15) is 11.9 Å². The second-order valence-electron chi connectivity index (χ2n) is 9.44. The molecule has 178 valence electrons. The number of alkyl carbamates (subject to hydrolysis) is 1. The highest BCUT2D eigenvalue weighted by Gasteiger charge is 2.37. The summed E-state index contributed by atoms with van der Waals surface area (Å²) in [6.45, 7) is 5.78. The zero-order valence-corrected chi connectivity index (χ0v) is 19.5. The highest BCUT2D eigenvalue weighted by molar-refractivity contribution is 5.79. The number of ether oxygens (including phenoxy) is 3. The molecule has 4 N–H and O–H groups in total. The molecule has 1 aliphatic carbocycles. The Hall–Kier alpha value is -2.59. The van der Waals surface area contributed by atoms with Gasteiger partial charge in [-0.1, -0.05) is 0 Å². The van der Waals surface area contributed by atoms with E-state index < -0.39 is 0 Å². The Morgan fingerprint density at radius 1 is 1.16 bits per heavy atom. The van der Waals surface area contributed by atoms with Gasteiger partial charge in [0.2, 0.25) is 11.8 Å². The minimum atomic E-state index is -0.367. The van der Waals surface area contributed by atoms with E-state index in [1.165, 1.54) is 7.11 Å². The Morgan fingerprint density at radius 2 is 1.94 bits per heavy atom. The number of nitrogens with one attached hydrogen (secondary N) is 4. The molecule has 1 aromatic heterocycles. The molecule has 1 aliphatic heterocycles. The number of hydrogen-bond acceptors (Lipinski definition) is 8. The van der Waals surface area contributed by atoms with E-state index in [0.29, 0.717) is 23.1 Å². The summed E-state index contributed by atoms with van der Waals surface area (Å²) in [6.07, 6.45) is 4.48. The number of pyridine rings is 1. The number of nitrogens with zero attached hydrogens (tertiary/aromatic N) is 1. The third-order valence-electron chi connectivity index (χ3n) is 5.72. The lowest BCUT2D eigenvalue weighted by Gasteiger charge is -2.22. The number of methoxy groups -OCH3 is 2. The van der Waals surface area contributed by atoms with Crippen LogP contribution >= 0.6 is 0 Å². The third-order valence-corrected chi connectivity index (χ3v) is 5.72. The zero-order valence-electron chi connectivity index (χ0n) is 19.5. The first-order chi connectivity index (χ1) is 15.2. The zero-order chi connectivity index (χ0) is 23.3. The smallest absolute Gasteiger partial charge is 0.407 e. The molecule has 2 amide bonds. The van der Waals surface area contributed by atoms with Gasteiger partial charge in [-0.05, 0) is 52.4 Å². The number of hydrogen-bond donors (Lipinski definition) is 4. The van der Waals surface area contributed by atoms with Crippen LogP contribution in [-0.2, 0) is 16.0 Å². The van der Waals surface area contributed by atoms with Gasteiger partial charge in [-0.2, -0.15) is 0 Å². The Labute approximate surface area is 189 Å². The van der Waals surface area contributed by atoms with Crippen LogP contribution in [0.3, 0.4) is 0 Å². The average Bonchev–Trinajstić information content (AvgIpc) is 3.35. The van der Waals surface area contributed by atoms with Crippen molar-refractivity contribution < 1.29 is 23.8 Å². The normalized spacial score (nSPS) is 25.3. The average molecular weight is 450 g/mol. The molecule has 2 aliphatic rings. The number of hydrazine groups is 1. The molecule has 0 bridgehead atoms. The molecule has 0 radical (unpaired) electrons. The van der Waals surface area contributed by atoms with E-state index in [0.717, 1.165) is 25.7 Å². The van der Waals surface area contributed by atoms with Gasteiger partial charge in [-0.3, -0.25) is 10.2 Å². The molecule has 1 saturated carbocycles. The first kappa shape index (κ1) is 24.1. The van der Waals surface area contributed by atoms with Crippen LogP contribution in [0, 0.1) is 5.92 Å². The summed E-state index contributed by atoms with van der Waals surface area (Å²) < 4.78 is 16.0. The van der Waals surface area contributed by atoms with Crippen LogP contribution in [0.25, 0.3) is 0 Å². The Bertz CT molecular complexity index is 812. The van der Waals surface area contributed by atoms with Gasteiger partial charge in [0.15, 0.2) is 0 Å². The molecule has 0 spiro atoms. The van der Waals surface area contributed by atoms with Crippen molar-refractivity contribution in [2.45, 2.75) is 76.7 Å². The summed E-state index contributed by atoms with van der Waals surface area (Å²) in [5, 5.41) is 5.85. The van der Waals surface area contributed by atoms with Crippen LogP contribution in [0.1, 0.15) is 52.0 Å². The van der Waals surface area contributed by atoms with E-state index in [-0.39, 0.29) is 42.3 Å². The molecule has 2 heterocycles. The lowest BCUT2D eigenvalue weighted by Crippen LogP contribution is -2.45. The molecule has 1 aromatic rings. The molecule has 10 heteroatoms. The van der Waals surface area contributed by atoms with E-state index in [1.54, 1.807) is 19.4 Å². The van der Waals surface area contributed by atoms with Crippen LogP contribution in [0.2, 0.25) is 0 Å². The third kappa shape index (κ3) is 6.70. The van der Waals surface area contributed by atoms with Crippen molar-refractivity contribution in [3.8, 4) is 11.6 Å². The fraction of sp³-hybridized carbons (Fsp3) is 0.682. The lowest BCUT2D eigenvalue weighted by atomic mass is 9.96. The first-order valence-corrected chi connectivity index (χ1v) is 11.0. The van der Waals surface area contributed by atoms with E-state index in [9.17, 15) is 9.59 Å². The van der Waals surface area contributed by atoms with Gasteiger partial charge in [0.05, 0.1) is 33.0 Å². The van der Waals surface area contributed by atoms with Crippen molar-refractivity contribution in [3.05, 3.63) is 17.8 Å². The Morgan fingerprint density at radius 3 is 2.62 bits per heavy atom. The Balaban J connectivity index is 1.45. The minimum absolute atomic E-state index is 0.0769. The van der Waals surface area contributed by atoms with E-state index in [2.05, 4.69) is 26.5 Å². The van der Waals surface area contributed by atoms with Gasteiger partial charge in [-0.15, -0.1) is 0 Å². The monoisotopic (exact) mass is 449 g/mol. The molecule has 2 unspecified atom stereocenters. The second-order valence-corrected chi connectivity index (χ2v) is 9.44. The summed E-state index contributed by atoms with van der Waals surface area (Å²) in [6, 6.07) is 1.91. The predicted molar refractivity (Wildman–Crippen MR) is 118 cm³/mol. The van der Waals surface area contributed by atoms with E-state index in [1.807, 2.05) is 20.8 Å². The molecular weight excluding hydrogens is 414 g/mol. The minimum Gasteiger partial charge on any atom is -0.495 e. The van der Waals surface area contributed by atoms with Crippen molar-refractivity contribution in [3.63, 3.8) is 0 Å². The van der Waals surface area contributed by atoms with Gasteiger partial charge < -0.3 is 24.8 Å².